The monoisotopic (exact) mass is 383 g/mol. The largest absolute Gasteiger partial charge is 0.508 e. The molecule has 1 amide bonds. The summed E-state index contributed by atoms with van der Waals surface area (Å²) in [5, 5.41) is 18.9. The number of phenols is 1. The van der Waals surface area contributed by atoms with E-state index in [0.29, 0.717) is 23.1 Å². The zero-order chi connectivity index (χ0) is 19.4. The van der Waals surface area contributed by atoms with Crippen LogP contribution < -0.4 is 20.7 Å². The molecule has 0 unspecified atom stereocenters. The molecule has 2 aromatic rings. The van der Waals surface area contributed by atoms with Crippen LogP contribution in [0.3, 0.4) is 0 Å². The van der Waals surface area contributed by atoms with Crippen molar-refractivity contribution in [1.82, 2.24) is 10.6 Å². The van der Waals surface area contributed by atoms with E-state index in [1.807, 2.05) is 6.92 Å². The maximum absolute atomic E-state index is 13.0. The Morgan fingerprint density at radius 2 is 1.89 bits per heavy atom. The topological polar surface area (TPSA) is 82.6 Å². The highest BCUT2D eigenvalue weighted by Crippen LogP contribution is 2.31. The van der Waals surface area contributed by atoms with Crippen molar-refractivity contribution in [3.63, 3.8) is 0 Å². The van der Waals surface area contributed by atoms with E-state index in [9.17, 15) is 9.90 Å². The van der Waals surface area contributed by atoms with E-state index in [1.54, 1.807) is 48.5 Å². The molecular formula is C20H21N3O3S. The summed E-state index contributed by atoms with van der Waals surface area (Å²) in [7, 11) is 0. The SMILES string of the molecule is C=C1NC(=S)N[C@H](c2ccc(O)cc2)[C@@H]1C(=O)Nc1ccc(OCC)cc1. The first kappa shape index (κ1) is 18.7. The second-order valence-corrected chi connectivity index (χ2v) is 6.53. The first-order valence-electron chi connectivity index (χ1n) is 8.57. The van der Waals surface area contributed by atoms with Gasteiger partial charge in [-0.05, 0) is 61.1 Å². The van der Waals surface area contributed by atoms with Crippen LogP contribution in [0.5, 0.6) is 11.5 Å². The Labute approximate surface area is 163 Å². The number of anilines is 1. The van der Waals surface area contributed by atoms with Crippen molar-refractivity contribution in [2.45, 2.75) is 13.0 Å². The normalized spacial score (nSPS) is 19.0. The minimum atomic E-state index is -0.590. The number of benzene rings is 2. The van der Waals surface area contributed by atoms with Crippen LogP contribution in [-0.4, -0.2) is 22.7 Å². The van der Waals surface area contributed by atoms with Gasteiger partial charge >= 0.3 is 0 Å². The lowest BCUT2D eigenvalue weighted by Gasteiger charge is -2.35. The number of carbonyl (C=O) groups is 1. The van der Waals surface area contributed by atoms with E-state index in [0.717, 1.165) is 11.3 Å². The summed E-state index contributed by atoms with van der Waals surface area (Å²) in [6, 6.07) is 13.4. The summed E-state index contributed by atoms with van der Waals surface area (Å²) < 4.78 is 5.41. The van der Waals surface area contributed by atoms with E-state index in [4.69, 9.17) is 17.0 Å². The fourth-order valence-electron chi connectivity index (χ4n) is 2.97. The lowest BCUT2D eigenvalue weighted by atomic mass is 9.88. The molecule has 7 heteroatoms. The number of hydrogen-bond acceptors (Lipinski definition) is 4. The molecule has 2 atom stereocenters. The Kier molecular flexibility index (Phi) is 5.61. The molecule has 1 heterocycles. The zero-order valence-corrected chi connectivity index (χ0v) is 15.7. The van der Waals surface area contributed by atoms with Gasteiger partial charge in [0.25, 0.3) is 0 Å². The predicted molar refractivity (Wildman–Crippen MR) is 109 cm³/mol. The second kappa shape index (κ2) is 8.09. The number of phenolic OH excluding ortho intramolecular Hbond substituents is 1. The Bertz CT molecular complexity index is 850. The third kappa shape index (κ3) is 4.38. The highest BCUT2D eigenvalue weighted by Gasteiger charge is 2.36. The van der Waals surface area contributed by atoms with Crippen LogP contribution in [0.25, 0.3) is 0 Å². The molecule has 1 saturated heterocycles. The number of carbonyl (C=O) groups excluding carboxylic acids is 1. The van der Waals surface area contributed by atoms with Gasteiger partial charge in [0, 0.05) is 11.4 Å². The molecule has 2 aromatic carbocycles. The minimum Gasteiger partial charge on any atom is -0.508 e. The lowest BCUT2D eigenvalue weighted by molar-refractivity contribution is -0.119. The highest BCUT2D eigenvalue weighted by molar-refractivity contribution is 7.80. The number of thiocarbonyl (C=S) groups is 1. The highest BCUT2D eigenvalue weighted by atomic mass is 32.1. The predicted octanol–water partition coefficient (Wildman–Crippen LogP) is 3.08. The molecule has 4 N–H and O–H groups in total. The summed E-state index contributed by atoms with van der Waals surface area (Å²) in [4.78, 5) is 13.0. The molecule has 6 nitrogen and oxygen atoms in total. The molecule has 0 aromatic heterocycles. The molecular weight excluding hydrogens is 362 g/mol. The maximum atomic E-state index is 13.0. The Balaban J connectivity index is 1.81. The average molecular weight is 383 g/mol. The van der Waals surface area contributed by atoms with Crippen molar-refractivity contribution in [1.29, 1.82) is 0 Å². The van der Waals surface area contributed by atoms with Crippen molar-refractivity contribution >= 4 is 28.9 Å². The van der Waals surface area contributed by atoms with E-state index in [-0.39, 0.29) is 11.7 Å². The molecule has 0 saturated carbocycles. The third-order valence-electron chi connectivity index (χ3n) is 4.24. The van der Waals surface area contributed by atoms with Crippen LogP contribution in [0.15, 0.2) is 60.8 Å². The van der Waals surface area contributed by atoms with Crippen molar-refractivity contribution in [3.8, 4) is 11.5 Å². The van der Waals surface area contributed by atoms with Crippen LogP contribution >= 0.6 is 12.2 Å². The molecule has 0 aliphatic carbocycles. The summed E-state index contributed by atoms with van der Waals surface area (Å²) in [6.45, 7) is 6.47. The Morgan fingerprint density at radius 1 is 1.22 bits per heavy atom. The zero-order valence-electron chi connectivity index (χ0n) is 14.9. The van der Waals surface area contributed by atoms with E-state index < -0.39 is 12.0 Å². The van der Waals surface area contributed by atoms with Gasteiger partial charge in [0.1, 0.15) is 17.4 Å². The second-order valence-electron chi connectivity index (χ2n) is 6.12. The Morgan fingerprint density at radius 3 is 2.52 bits per heavy atom. The smallest absolute Gasteiger partial charge is 0.235 e. The molecule has 3 rings (SSSR count). The van der Waals surface area contributed by atoms with Gasteiger partial charge in [-0.3, -0.25) is 4.79 Å². The molecule has 0 bridgehead atoms. The third-order valence-corrected chi connectivity index (χ3v) is 4.46. The first-order chi connectivity index (χ1) is 13.0. The van der Waals surface area contributed by atoms with Crippen LogP contribution in [0.1, 0.15) is 18.5 Å². The van der Waals surface area contributed by atoms with Gasteiger partial charge in [-0.25, -0.2) is 0 Å². The summed E-state index contributed by atoms with van der Waals surface area (Å²) >= 11 is 5.22. The lowest BCUT2D eigenvalue weighted by Crippen LogP contribution is -2.51. The number of rotatable bonds is 5. The Hall–Kier alpha value is -3.06. The summed E-state index contributed by atoms with van der Waals surface area (Å²) in [5.41, 5.74) is 2.00. The quantitative estimate of drug-likeness (QED) is 0.594. The van der Waals surface area contributed by atoms with Gasteiger partial charge in [-0.1, -0.05) is 18.7 Å². The van der Waals surface area contributed by atoms with Crippen LogP contribution in [0.4, 0.5) is 5.69 Å². The van der Waals surface area contributed by atoms with Gasteiger partial charge < -0.3 is 25.8 Å². The minimum absolute atomic E-state index is 0.157. The molecule has 1 aliphatic rings. The van der Waals surface area contributed by atoms with Gasteiger partial charge in [-0.2, -0.15) is 0 Å². The van der Waals surface area contributed by atoms with Gasteiger partial charge in [-0.15, -0.1) is 0 Å². The molecule has 1 fully saturated rings. The fourth-order valence-corrected chi connectivity index (χ4v) is 3.23. The van der Waals surface area contributed by atoms with Gasteiger partial charge in [0.15, 0.2) is 5.11 Å². The van der Waals surface area contributed by atoms with Crippen molar-refractivity contribution in [2.24, 2.45) is 5.92 Å². The number of aromatic hydroxyl groups is 1. The van der Waals surface area contributed by atoms with E-state index in [2.05, 4.69) is 22.5 Å². The molecule has 0 radical (unpaired) electrons. The van der Waals surface area contributed by atoms with Crippen LogP contribution in [-0.2, 0) is 4.79 Å². The number of hydrogen-bond donors (Lipinski definition) is 4. The van der Waals surface area contributed by atoms with Crippen molar-refractivity contribution in [2.75, 3.05) is 11.9 Å². The number of ether oxygens (including phenoxy) is 1. The van der Waals surface area contributed by atoms with Gasteiger partial charge in [0.2, 0.25) is 5.91 Å². The van der Waals surface area contributed by atoms with Crippen molar-refractivity contribution in [3.05, 3.63) is 66.4 Å². The molecule has 27 heavy (non-hydrogen) atoms. The molecule has 1 aliphatic heterocycles. The van der Waals surface area contributed by atoms with E-state index in [1.165, 1.54) is 0 Å². The summed E-state index contributed by atoms with van der Waals surface area (Å²) in [6.07, 6.45) is 0. The first-order valence-corrected chi connectivity index (χ1v) is 8.97. The number of nitrogens with one attached hydrogen (secondary N) is 3. The van der Waals surface area contributed by atoms with Crippen molar-refractivity contribution < 1.29 is 14.6 Å². The fraction of sp³-hybridized carbons (Fsp3) is 0.200. The van der Waals surface area contributed by atoms with E-state index >= 15 is 0 Å². The van der Waals surface area contributed by atoms with Gasteiger partial charge in [0.05, 0.1) is 12.6 Å². The molecule has 140 valence electrons. The van der Waals surface area contributed by atoms with Crippen LogP contribution in [0.2, 0.25) is 0 Å². The standard InChI is InChI=1S/C20H21N3O3S/c1-3-26-16-10-6-14(7-11-16)22-19(25)17-12(2)21-20(27)23-18(17)13-4-8-15(24)9-5-13/h4-11,17-18,24H,2-3H2,1H3,(H,22,25)(H2,21,23,27)/t17-,18-/m1/s1. The average Bonchev–Trinajstić information content (AvgIpc) is 2.63. The molecule has 0 spiro atoms. The maximum Gasteiger partial charge on any atom is 0.235 e. The summed E-state index contributed by atoms with van der Waals surface area (Å²) in [5.74, 6) is 0.0928. The van der Waals surface area contributed by atoms with Crippen LogP contribution in [0, 0.1) is 5.92 Å². The number of amides is 1.